The van der Waals surface area contributed by atoms with Crippen LogP contribution in [0.15, 0.2) is 24.3 Å². The summed E-state index contributed by atoms with van der Waals surface area (Å²) in [5, 5.41) is 5.92. The Morgan fingerprint density at radius 1 is 1.21 bits per heavy atom. The van der Waals surface area contributed by atoms with Gasteiger partial charge in [0.2, 0.25) is 11.8 Å². The molecule has 0 radical (unpaired) electrons. The highest BCUT2D eigenvalue weighted by molar-refractivity contribution is 5.97. The summed E-state index contributed by atoms with van der Waals surface area (Å²) in [6.07, 6.45) is 1.41. The summed E-state index contributed by atoms with van der Waals surface area (Å²) >= 11 is 0. The molecule has 0 aromatic heterocycles. The first-order valence-electron chi connectivity index (χ1n) is 8.30. The van der Waals surface area contributed by atoms with Crippen molar-refractivity contribution in [1.82, 2.24) is 10.2 Å². The van der Waals surface area contributed by atoms with Crippen LogP contribution in [0.3, 0.4) is 0 Å². The van der Waals surface area contributed by atoms with Crippen LogP contribution in [-0.2, 0) is 14.3 Å². The maximum Gasteiger partial charge on any atom is 0.248 e. The topological polar surface area (TPSA) is 70.7 Å². The number of hydrogen-bond acceptors (Lipinski definition) is 4. The van der Waals surface area contributed by atoms with Gasteiger partial charge in [0.15, 0.2) is 0 Å². The lowest BCUT2D eigenvalue weighted by atomic mass is 9.97. The molecule has 2 heterocycles. The number of nitrogens with one attached hydrogen (secondary N) is 2. The van der Waals surface area contributed by atoms with Crippen molar-refractivity contribution in [3.05, 3.63) is 30.1 Å². The van der Waals surface area contributed by atoms with E-state index in [0.29, 0.717) is 51.4 Å². The number of amides is 2. The van der Waals surface area contributed by atoms with Gasteiger partial charge >= 0.3 is 0 Å². The van der Waals surface area contributed by atoms with Crippen molar-refractivity contribution >= 4 is 17.5 Å². The van der Waals surface area contributed by atoms with E-state index >= 15 is 0 Å². The van der Waals surface area contributed by atoms with Gasteiger partial charge in [0.1, 0.15) is 11.9 Å². The largest absolute Gasteiger partial charge is 0.381 e. The van der Waals surface area contributed by atoms with Crippen molar-refractivity contribution in [3.63, 3.8) is 0 Å². The molecule has 0 aliphatic carbocycles. The molecule has 2 fully saturated rings. The lowest BCUT2D eigenvalue weighted by molar-refractivity contribution is -0.145. The van der Waals surface area contributed by atoms with Gasteiger partial charge in [-0.2, -0.15) is 0 Å². The first-order valence-corrected chi connectivity index (χ1v) is 8.30. The Morgan fingerprint density at radius 2 is 1.92 bits per heavy atom. The Balaban J connectivity index is 1.67. The van der Waals surface area contributed by atoms with Gasteiger partial charge in [0.05, 0.1) is 0 Å². The molecular formula is C17H22FN3O3. The van der Waals surface area contributed by atoms with Gasteiger partial charge in [-0.3, -0.25) is 9.59 Å². The molecule has 130 valence electrons. The first-order chi connectivity index (χ1) is 11.6. The summed E-state index contributed by atoms with van der Waals surface area (Å²) in [6, 6.07) is 5.04. The summed E-state index contributed by atoms with van der Waals surface area (Å²) in [5.41, 5.74) is 0.519. The van der Waals surface area contributed by atoms with E-state index in [0.717, 1.165) is 0 Å². The summed E-state index contributed by atoms with van der Waals surface area (Å²) in [6.45, 7) is 2.79. The molecule has 0 spiro atoms. The smallest absolute Gasteiger partial charge is 0.248 e. The zero-order chi connectivity index (χ0) is 16.9. The van der Waals surface area contributed by atoms with Crippen molar-refractivity contribution < 1.29 is 18.7 Å². The molecule has 6 nitrogen and oxygen atoms in total. The predicted molar refractivity (Wildman–Crippen MR) is 86.9 cm³/mol. The van der Waals surface area contributed by atoms with Crippen LogP contribution in [-0.4, -0.2) is 55.6 Å². The van der Waals surface area contributed by atoms with Gasteiger partial charge < -0.3 is 20.3 Å². The number of carbonyl (C=O) groups excluding carboxylic acids is 2. The van der Waals surface area contributed by atoms with E-state index in [4.69, 9.17) is 4.74 Å². The number of benzene rings is 1. The monoisotopic (exact) mass is 335 g/mol. The molecule has 2 aliphatic rings. The van der Waals surface area contributed by atoms with Gasteiger partial charge in [0, 0.05) is 44.5 Å². The summed E-state index contributed by atoms with van der Waals surface area (Å²) < 4.78 is 18.3. The van der Waals surface area contributed by atoms with Crippen molar-refractivity contribution in [2.24, 2.45) is 5.92 Å². The average Bonchev–Trinajstić information content (AvgIpc) is 2.63. The van der Waals surface area contributed by atoms with Crippen LogP contribution in [0.5, 0.6) is 0 Å². The van der Waals surface area contributed by atoms with E-state index in [9.17, 15) is 14.0 Å². The minimum atomic E-state index is -0.556. The molecule has 1 aromatic rings. The molecule has 2 N–H and O–H groups in total. The lowest BCUT2D eigenvalue weighted by Crippen LogP contribution is -2.59. The Morgan fingerprint density at radius 3 is 2.62 bits per heavy atom. The Hall–Kier alpha value is -1.99. The van der Waals surface area contributed by atoms with Gasteiger partial charge in [-0.25, -0.2) is 4.39 Å². The standard InChI is InChI=1S/C17H22FN3O3/c18-13-1-3-14(4-2-13)20-16(22)15-11-19-7-8-21(15)17(23)12-5-9-24-10-6-12/h1-4,12,15,19H,5-11H2,(H,20,22)/t15-/m1/s1. The highest BCUT2D eigenvalue weighted by atomic mass is 19.1. The molecule has 7 heteroatoms. The summed E-state index contributed by atoms with van der Waals surface area (Å²) in [4.78, 5) is 27.0. The number of anilines is 1. The van der Waals surface area contributed by atoms with Gasteiger partial charge in [-0.1, -0.05) is 0 Å². The first kappa shape index (κ1) is 16.9. The van der Waals surface area contributed by atoms with Gasteiger partial charge in [-0.05, 0) is 37.1 Å². The third-order valence-electron chi connectivity index (χ3n) is 4.51. The molecule has 2 amide bonds. The highest BCUT2D eigenvalue weighted by Gasteiger charge is 2.35. The van der Waals surface area contributed by atoms with Crippen LogP contribution in [0.2, 0.25) is 0 Å². The third kappa shape index (κ3) is 3.91. The zero-order valence-electron chi connectivity index (χ0n) is 13.5. The van der Waals surface area contributed by atoms with Crippen LogP contribution >= 0.6 is 0 Å². The summed E-state index contributed by atoms with van der Waals surface area (Å²) in [7, 11) is 0. The number of rotatable bonds is 3. The van der Waals surface area contributed by atoms with Crippen LogP contribution in [0.1, 0.15) is 12.8 Å². The number of nitrogens with zero attached hydrogens (tertiary/aromatic N) is 1. The van der Waals surface area contributed by atoms with Crippen LogP contribution in [0, 0.1) is 11.7 Å². The van der Waals surface area contributed by atoms with Gasteiger partial charge in [0.25, 0.3) is 0 Å². The number of halogens is 1. The second-order valence-electron chi connectivity index (χ2n) is 6.13. The maximum absolute atomic E-state index is 13.0. The number of piperazine rings is 1. The SMILES string of the molecule is O=C(Nc1ccc(F)cc1)[C@H]1CNCCN1C(=O)C1CCOCC1. The average molecular weight is 335 g/mol. The Kier molecular flexibility index (Phi) is 5.42. The molecule has 0 unspecified atom stereocenters. The molecular weight excluding hydrogens is 313 g/mol. The minimum Gasteiger partial charge on any atom is -0.381 e. The van der Waals surface area contributed by atoms with E-state index in [-0.39, 0.29) is 23.5 Å². The van der Waals surface area contributed by atoms with E-state index in [1.165, 1.54) is 24.3 Å². The van der Waals surface area contributed by atoms with E-state index in [2.05, 4.69) is 10.6 Å². The van der Waals surface area contributed by atoms with Crippen molar-refractivity contribution in [2.45, 2.75) is 18.9 Å². The second-order valence-corrected chi connectivity index (χ2v) is 6.13. The maximum atomic E-state index is 13.0. The van der Waals surface area contributed by atoms with E-state index in [1.807, 2.05) is 0 Å². The van der Waals surface area contributed by atoms with Crippen molar-refractivity contribution in [2.75, 3.05) is 38.2 Å². The normalized spacial score (nSPS) is 22.2. The van der Waals surface area contributed by atoms with Crippen molar-refractivity contribution in [1.29, 1.82) is 0 Å². The molecule has 2 aliphatic heterocycles. The lowest BCUT2D eigenvalue weighted by Gasteiger charge is -2.38. The molecule has 2 saturated heterocycles. The third-order valence-corrected chi connectivity index (χ3v) is 4.51. The van der Waals surface area contributed by atoms with Gasteiger partial charge in [-0.15, -0.1) is 0 Å². The van der Waals surface area contributed by atoms with Crippen LogP contribution < -0.4 is 10.6 Å². The minimum absolute atomic E-state index is 0.0269. The molecule has 24 heavy (non-hydrogen) atoms. The fourth-order valence-corrected chi connectivity index (χ4v) is 3.14. The molecule has 0 bridgehead atoms. The highest BCUT2D eigenvalue weighted by Crippen LogP contribution is 2.20. The van der Waals surface area contributed by atoms with Crippen LogP contribution in [0.4, 0.5) is 10.1 Å². The summed E-state index contributed by atoms with van der Waals surface area (Å²) in [5.74, 6) is -0.658. The number of hydrogen-bond donors (Lipinski definition) is 2. The Bertz CT molecular complexity index is 587. The number of carbonyl (C=O) groups is 2. The molecule has 1 aromatic carbocycles. The molecule has 1 atom stereocenters. The zero-order valence-corrected chi connectivity index (χ0v) is 13.5. The fraction of sp³-hybridized carbons (Fsp3) is 0.529. The fourth-order valence-electron chi connectivity index (χ4n) is 3.14. The Labute approximate surface area is 140 Å². The quantitative estimate of drug-likeness (QED) is 0.864. The molecule has 0 saturated carbocycles. The van der Waals surface area contributed by atoms with Crippen molar-refractivity contribution in [3.8, 4) is 0 Å². The molecule has 3 rings (SSSR count). The van der Waals surface area contributed by atoms with Crippen LogP contribution in [0.25, 0.3) is 0 Å². The number of ether oxygens (including phenoxy) is 1. The predicted octanol–water partition coefficient (Wildman–Crippen LogP) is 0.991. The second kappa shape index (κ2) is 7.72. The van der Waals surface area contributed by atoms with E-state index < -0.39 is 6.04 Å². The van der Waals surface area contributed by atoms with E-state index in [1.54, 1.807) is 4.90 Å².